The van der Waals surface area contributed by atoms with Gasteiger partial charge in [0.25, 0.3) is 5.91 Å². The van der Waals surface area contributed by atoms with E-state index in [-0.39, 0.29) is 12.0 Å². The number of hydrogen-bond acceptors (Lipinski definition) is 4. The Morgan fingerprint density at radius 1 is 1.22 bits per heavy atom. The smallest absolute Gasteiger partial charge is 0.255 e. The number of carbonyl (C=O) groups excluding carboxylic acids is 1. The van der Waals surface area contributed by atoms with Crippen molar-refractivity contribution in [1.82, 2.24) is 14.9 Å². The Morgan fingerprint density at radius 3 is 2.65 bits per heavy atom. The lowest BCUT2D eigenvalue weighted by atomic mass is 10.1. The van der Waals surface area contributed by atoms with Crippen LogP contribution in [0.15, 0.2) is 36.8 Å². The van der Waals surface area contributed by atoms with E-state index in [9.17, 15) is 4.79 Å². The zero-order valence-electron chi connectivity index (χ0n) is 12.3. The van der Waals surface area contributed by atoms with Gasteiger partial charge in [-0.3, -0.25) is 9.78 Å². The number of benzene rings is 1. The zero-order valence-corrected chi connectivity index (χ0v) is 13.8. The second-order valence-corrected chi connectivity index (χ2v) is 6.12. The number of hydrogen-bond donors (Lipinski definition) is 0. The van der Waals surface area contributed by atoms with Gasteiger partial charge in [-0.05, 0) is 18.2 Å². The fourth-order valence-corrected chi connectivity index (χ4v) is 3.02. The molecule has 0 atom stereocenters. The number of ether oxygens (including phenoxy) is 1. The maximum Gasteiger partial charge on any atom is 0.255 e. The molecule has 1 amide bonds. The van der Waals surface area contributed by atoms with Crippen molar-refractivity contribution >= 4 is 29.1 Å². The molecular formula is C16H15Cl2N3O2. The lowest BCUT2D eigenvalue weighted by Gasteiger charge is -2.32. The van der Waals surface area contributed by atoms with E-state index in [4.69, 9.17) is 27.9 Å². The number of likely N-dealkylation sites (tertiary alicyclic amines) is 1. The summed E-state index contributed by atoms with van der Waals surface area (Å²) in [6, 6.07) is 4.92. The largest absolute Gasteiger partial charge is 0.473 e. The van der Waals surface area contributed by atoms with Gasteiger partial charge in [-0.25, -0.2) is 4.98 Å². The van der Waals surface area contributed by atoms with Gasteiger partial charge in [-0.2, -0.15) is 0 Å². The van der Waals surface area contributed by atoms with Crippen molar-refractivity contribution in [2.75, 3.05) is 13.1 Å². The minimum absolute atomic E-state index is 0.0384. The quantitative estimate of drug-likeness (QED) is 0.849. The van der Waals surface area contributed by atoms with E-state index in [1.807, 2.05) is 0 Å². The Kier molecular flexibility index (Phi) is 4.98. The Bertz CT molecular complexity index is 689. The lowest BCUT2D eigenvalue weighted by molar-refractivity contribution is 0.0587. The Balaban J connectivity index is 1.59. The molecule has 1 aliphatic heterocycles. The monoisotopic (exact) mass is 351 g/mol. The molecule has 1 fully saturated rings. The third-order valence-corrected chi connectivity index (χ3v) is 4.27. The van der Waals surface area contributed by atoms with Crippen LogP contribution >= 0.6 is 23.2 Å². The van der Waals surface area contributed by atoms with E-state index in [1.54, 1.807) is 41.7 Å². The van der Waals surface area contributed by atoms with E-state index in [2.05, 4.69) is 9.97 Å². The van der Waals surface area contributed by atoms with Gasteiger partial charge in [-0.15, -0.1) is 0 Å². The summed E-state index contributed by atoms with van der Waals surface area (Å²) in [6.45, 7) is 1.23. The van der Waals surface area contributed by atoms with Crippen molar-refractivity contribution in [3.05, 3.63) is 52.4 Å². The fourth-order valence-electron chi connectivity index (χ4n) is 2.53. The molecule has 1 aliphatic rings. The topological polar surface area (TPSA) is 55.3 Å². The average Bonchev–Trinajstić information content (AvgIpc) is 2.56. The van der Waals surface area contributed by atoms with Crippen LogP contribution in [-0.4, -0.2) is 40.0 Å². The Morgan fingerprint density at radius 2 is 2.00 bits per heavy atom. The summed E-state index contributed by atoms with van der Waals surface area (Å²) in [5, 5.41) is 0.892. The average molecular weight is 352 g/mol. The second kappa shape index (κ2) is 7.15. The van der Waals surface area contributed by atoms with E-state index < -0.39 is 0 Å². The predicted molar refractivity (Wildman–Crippen MR) is 88.0 cm³/mol. The summed E-state index contributed by atoms with van der Waals surface area (Å²) in [6.07, 6.45) is 6.31. The molecule has 23 heavy (non-hydrogen) atoms. The number of nitrogens with zero attached hydrogens (tertiary/aromatic N) is 3. The third kappa shape index (κ3) is 3.92. The second-order valence-electron chi connectivity index (χ2n) is 5.28. The summed E-state index contributed by atoms with van der Waals surface area (Å²) in [7, 11) is 0. The molecule has 0 unspecified atom stereocenters. The van der Waals surface area contributed by atoms with Gasteiger partial charge in [0.15, 0.2) is 0 Å². The van der Waals surface area contributed by atoms with Crippen molar-refractivity contribution in [3.8, 4) is 5.88 Å². The summed E-state index contributed by atoms with van der Waals surface area (Å²) >= 11 is 12.0. The van der Waals surface area contributed by atoms with Crippen LogP contribution in [-0.2, 0) is 0 Å². The molecule has 2 heterocycles. The van der Waals surface area contributed by atoms with Gasteiger partial charge < -0.3 is 9.64 Å². The summed E-state index contributed by atoms with van der Waals surface area (Å²) < 4.78 is 5.77. The molecule has 5 nitrogen and oxygen atoms in total. The molecule has 1 aromatic carbocycles. The first-order chi connectivity index (χ1) is 11.1. The van der Waals surface area contributed by atoms with E-state index >= 15 is 0 Å². The van der Waals surface area contributed by atoms with E-state index in [0.29, 0.717) is 34.6 Å². The van der Waals surface area contributed by atoms with Crippen LogP contribution in [0.5, 0.6) is 5.88 Å². The zero-order chi connectivity index (χ0) is 16.2. The third-order valence-electron chi connectivity index (χ3n) is 3.72. The summed E-state index contributed by atoms with van der Waals surface area (Å²) in [4.78, 5) is 22.4. The van der Waals surface area contributed by atoms with Crippen molar-refractivity contribution < 1.29 is 9.53 Å². The van der Waals surface area contributed by atoms with E-state index in [0.717, 1.165) is 12.8 Å². The number of rotatable bonds is 3. The maximum absolute atomic E-state index is 12.5. The highest BCUT2D eigenvalue weighted by Gasteiger charge is 2.26. The Labute approximate surface area is 144 Å². The van der Waals surface area contributed by atoms with Gasteiger partial charge in [0.2, 0.25) is 5.88 Å². The number of piperidine rings is 1. The van der Waals surface area contributed by atoms with Crippen LogP contribution in [0, 0.1) is 0 Å². The standard InChI is InChI=1S/C16H15Cl2N3O2/c17-11-1-2-13(14(18)9-11)16(22)21-7-3-12(4-8-21)23-15-10-19-5-6-20-15/h1-2,5-6,9-10,12H,3-4,7-8H2. The SMILES string of the molecule is O=C(c1ccc(Cl)cc1Cl)N1CCC(Oc2cnccn2)CC1. The lowest BCUT2D eigenvalue weighted by Crippen LogP contribution is -2.42. The first-order valence-corrected chi connectivity index (χ1v) is 8.06. The maximum atomic E-state index is 12.5. The van der Waals surface area contributed by atoms with Crippen LogP contribution in [0.2, 0.25) is 10.0 Å². The molecule has 120 valence electrons. The Hall–Kier alpha value is -1.85. The highest BCUT2D eigenvalue weighted by Crippen LogP contribution is 2.24. The van der Waals surface area contributed by atoms with Gasteiger partial charge in [0.05, 0.1) is 16.8 Å². The molecule has 1 aromatic heterocycles. The van der Waals surface area contributed by atoms with Crippen LogP contribution in [0.1, 0.15) is 23.2 Å². The molecule has 3 rings (SSSR count). The molecule has 0 radical (unpaired) electrons. The molecule has 0 saturated carbocycles. The van der Waals surface area contributed by atoms with Gasteiger partial charge in [0.1, 0.15) is 6.10 Å². The number of halogens is 2. The van der Waals surface area contributed by atoms with Crippen molar-refractivity contribution in [1.29, 1.82) is 0 Å². The van der Waals surface area contributed by atoms with Crippen LogP contribution in [0.4, 0.5) is 0 Å². The number of aromatic nitrogens is 2. The molecule has 2 aromatic rings. The highest BCUT2D eigenvalue weighted by molar-refractivity contribution is 6.36. The molecule has 0 aliphatic carbocycles. The van der Waals surface area contributed by atoms with Crippen molar-refractivity contribution in [2.45, 2.75) is 18.9 Å². The first kappa shape index (κ1) is 16.0. The molecule has 0 bridgehead atoms. The predicted octanol–water partition coefficient (Wildman–Crippen LogP) is 3.47. The highest BCUT2D eigenvalue weighted by atomic mass is 35.5. The summed E-state index contributed by atoms with van der Waals surface area (Å²) in [5.41, 5.74) is 0.476. The van der Waals surface area contributed by atoms with Crippen molar-refractivity contribution in [3.63, 3.8) is 0 Å². The molecular weight excluding hydrogens is 337 g/mol. The first-order valence-electron chi connectivity index (χ1n) is 7.30. The van der Waals surface area contributed by atoms with Crippen LogP contribution < -0.4 is 4.74 Å². The molecule has 0 N–H and O–H groups in total. The summed E-state index contributed by atoms with van der Waals surface area (Å²) in [5.74, 6) is 0.433. The number of amides is 1. The van der Waals surface area contributed by atoms with Gasteiger partial charge in [-0.1, -0.05) is 23.2 Å². The van der Waals surface area contributed by atoms with E-state index in [1.165, 1.54) is 0 Å². The molecule has 1 saturated heterocycles. The van der Waals surface area contributed by atoms with Crippen LogP contribution in [0.3, 0.4) is 0 Å². The van der Waals surface area contributed by atoms with Crippen LogP contribution in [0.25, 0.3) is 0 Å². The fraction of sp³-hybridized carbons (Fsp3) is 0.312. The molecule has 0 spiro atoms. The molecule has 7 heteroatoms. The minimum atomic E-state index is -0.0791. The van der Waals surface area contributed by atoms with Crippen molar-refractivity contribution in [2.24, 2.45) is 0 Å². The number of carbonyl (C=O) groups is 1. The minimum Gasteiger partial charge on any atom is -0.473 e. The van der Waals surface area contributed by atoms with Gasteiger partial charge in [0, 0.05) is 43.3 Å². The van der Waals surface area contributed by atoms with Gasteiger partial charge >= 0.3 is 0 Å². The normalized spacial score (nSPS) is 15.5.